The Kier molecular flexibility index (Phi) is 7.04. The van der Waals surface area contributed by atoms with E-state index >= 15 is 0 Å². The zero-order valence-electron chi connectivity index (χ0n) is 16.0. The molecule has 0 atom stereocenters. The highest BCUT2D eigenvalue weighted by Crippen LogP contribution is 2.21. The Hall–Kier alpha value is -2.61. The van der Waals surface area contributed by atoms with E-state index in [0.717, 1.165) is 12.8 Å². The molecule has 0 aliphatic rings. The summed E-state index contributed by atoms with van der Waals surface area (Å²) in [5, 5.41) is 0. The first-order chi connectivity index (χ1) is 13.2. The van der Waals surface area contributed by atoms with Crippen LogP contribution in [0.25, 0.3) is 11.1 Å². The second kappa shape index (κ2) is 9.91. The van der Waals surface area contributed by atoms with Crippen molar-refractivity contribution in [2.75, 3.05) is 6.86 Å². The van der Waals surface area contributed by atoms with Crippen LogP contribution in [0.2, 0.25) is 0 Å². The summed E-state index contributed by atoms with van der Waals surface area (Å²) in [5.41, 5.74) is 6.52. The number of benzene rings is 3. The molecule has 1 nitrogen and oxygen atoms in total. The molecular formula is C25H27FO. The zero-order valence-corrected chi connectivity index (χ0v) is 16.0. The molecule has 0 saturated heterocycles. The summed E-state index contributed by atoms with van der Waals surface area (Å²) in [6.07, 6.45) is 5.76. The first-order valence-corrected chi connectivity index (χ1v) is 9.68. The van der Waals surface area contributed by atoms with Crippen LogP contribution >= 0.6 is 0 Å². The van der Waals surface area contributed by atoms with Gasteiger partial charge in [-0.2, -0.15) is 0 Å². The third-order valence-corrected chi connectivity index (χ3v) is 4.91. The lowest BCUT2D eigenvalue weighted by molar-refractivity contribution is 0.191. The van der Waals surface area contributed by atoms with Crippen LogP contribution < -0.4 is 4.74 Å². The molecule has 2 heteroatoms. The lowest BCUT2D eigenvalue weighted by Crippen LogP contribution is -1.91. The molecule has 0 aliphatic carbocycles. The monoisotopic (exact) mass is 362 g/mol. The molecule has 0 saturated carbocycles. The predicted octanol–water partition coefficient (Wildman–Crippen LogP) is 6.92. The summed E-state index contributed by atoms with van der Waals surface area (Å²) in [4.78, 5) is 0. The van der Waals surface area contributed by atoms with E-state index in [4.69, 9.17) is 4.74 Å². The Morgan fingerprint density at radius 3 is 1.63 bits per heavy atom. The summed E-state index contributed by atoms with van der Waals surface area (Å²) < 4.78 is 16.9. The van der Waals surface area contributed by atoms with Crippen molar-refractivity contribution in [2.45, 2.75) is 39.0 Å². The van der Waals surface area contributed by atoms with Gasteiger partial charge in [-0.3, -0.25) is 0 Å². The quantitative estimate of drug-likeness (QED) is 0.375. The van der Waals surface area contributed by atoms with Gasteiger partial charge in [0.15, 0.2) is 0 Å². The van der Waals surface area contributed by atoms with Gasteiger partial charge in [0.2, 0.25) is 6.86 Å². The van der Waals surface area contributed by atoms with Gasteiger partial charge in [-0.05, 0) is 67.0 Å². The van der Waals surface area contributed by atoms with Crippen molar-refractivity contribution in [2.24, 2.45) is 0 Å². The molecule has 3 aromatic carbocycles. The van der Waals surface area contributed by atoms with E-state index in [2.05, 4.69) is 55.5 Å². The van der Waals surface area contributed by atoms with Crippen molar-refractivity contribution in [1.82, 2.24) is 0 Å². The van der Waals surface area contributed by atoms with Gasteiger partial charge in [0.25, 0.3) is 0 Å². The molecule has 0 heterocycles. The SMILES string of the molecule is Cc1ccc(-c2ccc(CCCCCc3ccc(OCF)cc3)cc2)cc1. The lowest BCUT2D eigenvalue weighted by atomic mass is 10.00. The molecular weight excluding hydrogens is 335 g/mol. The van der Waals surface area contributed by atoms with E-state index in [0.29, 0.717) is 5.75 Å². The second-order valence-corrected chi connectivity index (χ2v) is 7.02. The highest BCUT2D eigenvalue weighted by Gasteiger charge is 2.00. The fourth-order valence-corrected chi connectivity index (χ4v) is 3.26. The number of rotatable bonds is 9. The topological polar surface area (TPSA) is 9.23 Å². The number of hydrogen-bond acceptors (Lipinski definition) is 1. The van der Waals surface area contributed by atoms with Crippen LogP contribution in [0.15, 0.2) is 72.8 Å². The molecule has 0 amide bonds. The smallest absolute Gasteiger partial charge is 0.228 e. The second-order valence-electron chi connectivity index (χ2n) is 7.02. The van der Waals surface area contributed by atoms with E-state index in [1.165, 1.54) is 47.1 Å². The van der Waals surface area contributed by atoms with Gasteiger partial charge in [-0.25, -0.2) is 4.39 Å². The van der Waals surface area contributed by atoms with Crippen LogP contribution in [0, 0.1) is 6.92 Å². The summed E-state index contributed by atoms with van der Waals surface area (Å²) >= 11 is 0. The first kappa shape index (κ1) is 19.2. The van der Waals surface area contributed by atoms with Crippen molar-refractivity contribution < 1.29 is 9.13 Å². The fraction of sp³-hybridized carbons (Fsp3) is 0.280. The maximum atomic E-state index is 12.1. The number of aryl methyl sites for hydroxylation is 3. The summed E-state index contributed by atoms with van der Waals surface area (Å²) in [5.74, 6) is 0.593. The molecule has 3 aromatic rings. The largest absolute Gasteiger partial charge is 0.463 e. The van der Waals surface area contributed by atoms with Crippen molar-refractivity contribution in [3.05, 3.63) is 89.5 Å². The number of ether oxygens (including phenoxy) is 1. The van der Waals surface area contributed by atoms with E-state index in [1.807, 2.05) is 24.3 Å². The van der Waals surface area contributed by atoms with Gasteiger partial charge in [-0.1, -0.05) is 72.6 Å². The van der Waals surface area contributed by atoms with Crippen LogP contribution in [-0.2, 0) is 12.8 Å². The molecule has 0 unspecified atom stereocenters. The summed E-state index contributed by atoms with van der Waals surface area (Å²) in [6.45, 7) is 1.34. The third kappa shape index (κ3) is 5.96. The van der Waals surface area contributed by atoms with Crippen molar-refractivity contribution in [3.8, 4) is 16.9 Å². The first-order valence-electron chi connectivity index (χ1n) is 9.68. The van der Waals surface area contributed by atoms with E-state index < -0.39 is 6.86 Å². The van der Waals surface area contributed by atoms with Gasteiger partial charge in [0, 0.05) is 0 Å². The molecule has 0 spiro atoms. The fourth-order valence-electron chi connectivity index (χ4n) is 3.26. The molecule has 3 rings (SSSR count). The number of alkyl halides is 1. The molecule has 0 bridgehead atoms. The summed E-state index contributed by atoms with van der Waals surface area (Å²) in [7, 11) is 0. The van der Waals surface area contributed by atoms with Crippen molar-refractivity contribution >= 4 is 0 Å². The van der Waals surface area contributed by atoms with Gasteiger partial charge in [0.1, 0.15) is 5.75 Å². The van der Waals surface area contributed by atoms with Gasteiger partial charge in [-0.15, -0.1) is 0 Å². The van der Waals surface area contributed by atoms with Crippen LogP contribution in [0.4, 0.5) is 4.39 Å². The van der Waals surface area contributed by atoms with Gasteiger partial charge in [0.05, 0.1) is 0 Å². The minimum absolute atomic E-state index is 0.593. The third-order valence-electron chi connectivity index (χ3n) is 4.91. The number of unbranched alkanes of at least 4 members (excludes halogenated alkanes) is 2. The Labute approximate surface area is 161 Å². The molecule has 0 N–H and O–H groups in total. The Balaban J connectivity index is 1.39. The standard InChI is InChI=1S/C25H27FO/c1-20-7-13-23(14-8-20)24-15-9-21(10-16-24)5-3-2-4-6-22-11-17-25(18-12-22)27-19-26/h7-18H,2-6,19H2,1H3. The van der Waals surface area contributed by atoms with E-state index in [9.17, 15) is 4.39 Å². The Morgan fingerprint density at radius 1 is 0.630 bits per heavy atom. The maximum Gasteiger partial charge on any atom is 0.228 e. The number of halogens is 1. The van der Waals surface area contributed by atoms with Crippen molar-refractivity contribution in [3.63, 3.8) is 0 Å². The highest BCUT2D eigenvalue weighted by atomic mass is 19.1. The van der Waals surface area contributed by atoms with Crippen LogP contribution in [0.5, 0.6) is 5.75 Å². The Bertz CT molecular complexity index is 804. The molecule has 0 fully saturated rings. The van der Waals surface area contributed by atoms with E-state index in [-0.39, 0.29) is 0 Å². The average Bonchev–Trinajstić information content (AvgIpc) is 2.70. The normalized spacial score (nSPS) is 10.7. The van der Waals surface area contributed by atoms with Crippen LogP contribution in [0.3, 0.4) is 0 Å². The maximum absolute atomic E-state index is 12.1. The van der Waals surface area contributed by atoms with Crippen LogP contribution in [-0.4, -0.2) is 6.86 Å². The minimum atomic E-state index is -0.772. The summed E-state index contributed by atoms with van der Waals surface area (Å²) in [6, 6.07) is 25.3. The molecule has 0 aromatic heterocycles. The van der Waals surface area contributed by atoms with Crippen molar-refractivity contribution in [1.29, 1.82) is 0 Å². The predicted molar refractivity (Wildman–Crippen MR) is 111 cm³/mol. The van der Waals surface area contributed by atoms with Gasteiger partial charge < -0.3 is 4.74 Å². The average molecular weight is 362 g/mol. The van der Waals surface area contributed by atoms with Crippen LogP contribution in [0.1, 0.15) is 36.0 Å². The Morgan fingerprint density at radius 2 is 1.11 bits per heavy atom. The molecule has 0 radical (unpaired) electrons. The number of hydrogen-bond donors (Lipinski definition) is 0. The molecule has 140 valence electrons. The lowest BCUT2D eigenvalue weighted by Gasteiger charge is -2.06. The highest BCUT2D eigenvalue weighted by molar-refractivity contribution is 5.63. The zero-order chi connectivity index (χ0) is 18.9. The molecule has 27 heavy (non-hydrogen) atoms. The van der Waals surface area contributed by atoms with E-state index in [1.54, 1.807) is 0 Å². The molecule has 0 aliphatic heterocycles. The minimum Gasteiger partial charge on any atom is -0.463 e. The van der Waals surface area contributed by atoms with Gasteiger partial charge >= 0.3 is 0 Å².